The molecule has 74 heavy (non-hydrogen) atoms. The Morgan fingerprint density at radius 1 is 0.959 bits per heavy atom. The number of benzene rings is 3. The highest BCUT2D eigenvalue weighted by molar-refractivity contribution is 7.13. The predicted molar refractivity (Wildman–Crippen MR) is 289 cm³/mol. The normalized spacial score (nSPS) is 25.7. The molecule has 3 heterocycles. The van der Waals surface area contributed by atoms with Gasteiger partial charge in [-0.2, -0.15) is 5.26 Å². The Hall–Kier alpha value is -4.92. The zero-order valence-electron chi connectivity index (χ0n) is 44.8. The van der Waals surface area contributed by atoms with E-state index in [4.69, 9.17) is 25.8 Å². The fourth-order valence-electron chi connectivity index (χ4n) is 12.6. The summed E-state index contributed by atoms with van der Waals surface area (Å²) >= 11 is 7.88. The van der Waals surface area contributed by atoms with E-state index in [1.165, 1.54) is 0 Å². The fraction of sp³-hybridized carbons (Fsp3) is 0.569. The minimum Gasteiger partial charge on any atom is -0.492 e. The molecule has 6 atom stereocenters. The molecule has 2 saturated heterocycles. The van der Waals surface area contributed by atoms with Gasteiger partial charge in [0.25, 0.3) is 5.91 Å². The maximum atomic E-state index is 15.0. The SMILES string of the molecule is Cc1ncsc1-c1ccc([C@H](C)[N+]2(C(=O)[C@@H](NC(=O)CO[C@H]3CCCC[C@@H]3N3CCN(CCOc4ccc(C(=O)N[C@H]5C(C)(C)[C@H](Oc6ccc(C#N)c(Cl)c6)C5(C)C)cc4)CC3)C(C)(C)C)CC[C@@H](O)C2)cc1. The number of nitrogens with one attached hydrogen (secondary N) is 2. The molecule has 0 spiro atoms. The van der Waals surface area contributed by atoms with Crippen molar-refractivity contribution in [2.75, 3.05) is 59.0 Å². The molecule has 4 aromatic rings. The second-order valence-corrected chi connectivity index (χ2v) is 24.7. The third kappa shape index (κ3) is 11.9. The molecule has 2 saturated carbocycles. The molecular weight excluding hydrogens is 974 g/mol. The number of likely N-dealkylation sites (tertiary alicyclic amines) is 1. The number of amides is 3. The summed E-state index contributed by atoms with van der Waals surface area (Å²) in [7, 11) is 0. The molecule has 3 N–H and O–H groups in total. The Balaban J connectivity index is 0.786. The summed E-state index contributed by atoms with van der Waals surface area (Å²) in [4.78, 5) is 52.8. The Labute approximate surface area is 447 Å². The van der Waals surface area contributed by atoms with Gasteiger partial charge in [-0.25, -0.2) is 9.78 Å². The van der Waals surface area contributed by atoms with Crippen molar-refractivity contribution in [1.29, 1.82) is 5.26 Å². The number of carbonyl (C=O) groups excluding carboxylic acids is 3. The Kier molecular flexibility index (Phi) is 17.0. The van der Waals surface area contributed by atoms with Crippen LogP contribution in [-0.4, -0.2) is 138 Å². The van der Waals surface area contributed by atoms with E-state index in [1.807, 2.05) is 45.3 Å². The van der Waals surface area contributed by atoms with Crippen molar-refractivity contribution in [2.24, 2.45) is 16.2 Å². The van der Waals surface area contributed by atoms with Gasteiger partial charge < -0.3 is 30.0 Å². The quantitative estimate of drug-likeness (QED) is 0.0865. The molecule has 8 rings (SSSR count). The number of carbonyl (C=O) groups is 3. The van der Waals surface area contributed by atoms with Gasteiger partial charge in [-0.3, -0.25) is 23.9 Å². The van der Waals surface area contributed by atoms with E-state index in [2.05, 4.69) is 90.4 Å². The van der Waals surface area contributed by atoms with Crippen molar-refractivity contribution >= 4 is 40.7 Å². The van der Waals surface area contributed by atoms with Gasteiger partial charge >= 0.3 is 5.91 Å². The molecule has 1 aromatic heterocycles. The molecule has 398 valence electrons. The summed E-state index contributed by atoms with van der Waals surface area (Å²) < 4.78 is 19.1. The summed E-state index contributed by atoms with van der Waals surface area (Å²) in [5, 5.41) is 26.9. The third-order valence-electron chi connectivity index (χ3n) is 16.6. The molecule has 0 radical (unpaired) electrons. The zero-order chi connectivity index (χ0) is 53.2. The first kappa shape index (κ1) is 55.3. The number of aryl methyl sites for hydroxylation is 1. The van der Waals surface area contributed by atoms with E-state index >= 15 is 0 Å². The van der Waals surface area contributed by atoms with Crippen LogP contribution in [0.1, 0.15) is 121 Å². The fourth-order valence-corrected chi connectivity index (χ4v) is 13.6. The molecular formula is C58H77ClN7O7S+. The number of aromatic nitrogens is 1. The number of nitrogens with zero attached hydrogens (tertiary/aromatic N) is 5. The van der Waals surface area contributed by atoms with E-state index in [-0.39, 0.29) is 70.0 Å². The topological polar surface area (TPSA) is 166 Å². The molecule has 0 bridgehead atoms. The van der Waals surface area contributed by atoms with Crippen molar-refractivity contribution in [1.82, 2.24) is 25.4 Å². The lowest BCUT2D eigenvalue weighted by molar-refractivity contribution is -0.874. The first-order valence-electron chi connectivity index (χ1n) is 26.5. The van der Waals surface area contributed by atoms with Gasteiger partial charge in [0, 0.05) is 79.3 Å². The van der Waals surface area contributed by atoms with Crippen molar-refractivity contribution in [2.45, 2.75) is 137 Å². The van der Waals surface area contributed by atoms with E-state index in [1.54, 1.807) is 41.7 Å². The first-order chi connectivity index (χ1) is 35.1. The lowest BCUT2D eigenvalue weighted by Gasteiger charge is -2.63. The van der Waals surface area contributed by atoms with Gasteiger partial charge in [-0.15, -0.1) is 11.3 Å². The number of piperazine rings is 1. The Morgan fingerprint density at radius 3 is 2.24 bits per heavy atom. The minimum absolute atomic E-state index is 0.0670. The number of hydrogen-bond donors (Lipinski definition) is 3. The molecule has 2 aliphatic heterocycles. The van der Waals surface area contributed by atoms with E-state index < -0.39 is 17.6 Å². The highest BCUT2D eigenvalue weighted by Gasteiger charge is 2.64. The summed E-state index contributed by atoms with van der Waals surface area (Å²) in [6.45, 7) is 23.9. The Bertz CT molecular complexity index is 2640. The number of ether oxygens (including phenoxy) is 3. The van der Waals surface area contributed by atoms with Crippen molar-refractivity contribution in [3.8, 4) is 28.0 Å². The molecule has 3 amide bonds. The van der Waals surface area contributed by atoms with Crippen LogP contribution in [0, 0.1) is 34.5 Å². The Morgan fingerprint density at radius 2 is 1.64 bits per heavy atom. The standard InChI is InChI=1S/C58H76ClN7O7S/c1-37-50(74-36-61-37)40-16-14-39(15-17-40)38(2)66(30-24-43(67)34-66)53(70)51(56(3,4)5)62-49(68)35-72-48-13-11-10-12-47(48)65-27-25-64(26-28-65)29-31-71-44-21-18-41(19-22-44)52(69)63-54-57(6,7)55(58(54,8)9)73-45-23-20-42(33-60)46(59)32-45/h14-23,32,36,38,43,47-48,51,54-55,67H,10-13,24-31,34-35H2,1-9H3,(H-,62,63,68,69)/p+1/t38-,43+,47-,48-,51+,54-,55-,66?/m0/s1. The minimum atomic E-state index is -0.784. The van der Waals surface area contributed by atoms with E-state index in [9.17, 15) is 24.8 Å². The van der Waals surface area contributed by atoms with E-state index in [0.29, 0.717) is 53.8 Å². The summed E-state index contributed by atoms with van der Waals surface area (Å²) in [5.74, 6) is 0.763. The average molecular weight is 1050 g/mol. The highest BCUT2D eigenvalue weighted by Crippen LogP contribution is 2.56. The van der Waals surface area contributed by atoms with Crippen LogP contribution >= 0.6 is 22.9 Å². The van der Waals surface area contributed by atoms with Crippen LogP contribution in [0.15, 0.2) is 72.2 Å². The van der Waals surface area contributed by atoms with Crippen LogP contribution in [0.4, 0.5) is 0 Å². The first-order valence-corrected chi connectivity index (χ1v) is 27.7. The van der Waals surface area contributed by atoms with Crippen molar-refractivity contribution in [3.05, 3.63) is 99.6 Å². The second-order valence-electron chi connectivity index (χ2n) is 23.4. The zero-order valence-corrected chi connectivity index (χ0v) is 46.4. The van der Waals surface area contributed by atoms with Crippen LogP contribution in [0.3, 0.4) is 0 Å². The van der Waals surface area contributed by atoms with Gasteiger partial charge in [-0.05, 0) is 74.1 Å². The van der Waals surface area contributed by atoms with Crippen LogP contribution in [-0.2, 0) is 14.3 Å². The smallest absolute Gasteiger partial charge is 0.337 e. The second kappa shape index (κ2) is 22.7. The number of thiazole rings is 1. The summed E-state index contributed by atoms with van der Waals surface area (Å²) in [6.07, 6.45) is 3.69. The molecule has 2 aliphatic carbocycles. The number of aliphatic hydroxyl groups is 1. The number of quaternary nitrogens is 1. The molecule has 16 heteroatoms. The summed E-state index contributed by atoms with van der Waals surface area (Å²) in [6, 6.07) is 21.8. The van der Waals surface area contributed by atoms with E-state index in [0.717, 1.165) is 80.1 Å². The van der Waals surface area contributed by atoms with Crippen molar-refractivity contribution in [3.63, 3.8) is 0 Å². The lowest BCUT2D eigenvalue weighted by Crippen LogP contribution is -2.74. The monoisotopic (exact) mass is 1050 g/mol. The maximum absolute atomic E-state index is 15.0. The number of aliphatic hydroxyl groups excluding tert-OH is 1. The van der Waals surface area contributed by atoms with Gasteiger partial charge in [0.15, 0.2) is 0 Å². The lowest BCUT2D eigenvalue weighted by atomic mass is 9.49. The van der Waals surface area contributed by atoms with Crippen LogP contribution in [0.25, 0.3) is 10.4 Å². The predicted octanol–water partition coefficient (Wildman–Crippen LogP) is 8.98. The van der Waals surface area contributed by atoms with Crippen LogP contribution in [0.2, 0.25) is 5.02 Å². The average Bonchev–Trinajstić information content (AvgIpc) is 4.01. The van der Waals surface area contributed by atoms with Gasteiger partial charge in [0.2, 0.25) is 5.91 Å². The maximum Gasteiger partial charge on any atom is 0.337 e. The molecule has 4 aliphatic rings. The molecule has 3 aromatic carbocycles. The van der Waals surface area contributed by atoms with Gasteiger partial charge in [0.05, 0.1) is 39.3 Å². The molecule has 1 unspecified atom stereocenters. The van der Waals surface area contributed by atoms with Crippen molar-refractivity contribution < 1.29 is 38.2 Å². The number of nitriles is 1. The number of hydrogen-bond acceptors (Lipinski definition) is 12. The molecule has 14 nitrogen and oxygen atoms in total. The molecule has 4 fully saturated rings. The number of rotatable bonds is 17. The number of halogens is 1. The summed E-state index contributed by atoms with van der Waals surface area (Å²) in [5.41, 5.74) is 4.56. The largest absolute Gasteiger partial charge is 0.492 e. The highest BCUT2D eigenvalue weighted by atomic mass is 35.5. The van der Waals surface area contributed by atoms with Crippen LogP contribution in [0.5, 0.6) is 11.5 Å². The van der Waals surface area contributed by atoms with Gasteiger partial charge in [-0.1, -0.05) is 97.2 Å². The third-order valence-corrected chi connectivity index (χ3v) is 17.9. The van der Waals surface area contributed by atoms with Gasteiger partial charge in [0.1, 0.15) is 61.6 Å². The van der Waals surface area contributed by atoms with Crippen LogP contribution < -0.4 is 20.1 Å².